The van der Waals surface area contributed by atoms with Gasteiger partial charge in [0.2, 0.25) is 0 Å². The number of hydrogen-bond acceptors (Lipinski definition) is 4. The van der Waals surface area contributed by atoms with E-state index < -0.39 is 0 Å². The van der Waals surface area contributed by atoms with Crippen LogP contribution in [0.1, 0.15) is 17.4 Å². The molecular formula is C11H14N4O. The molecule has 1 unspecified atom stereocenters. The Morgan fingerprint density at radius 2 is 2.38 bits per heavy atom. The zero-order valence-corrected chi connectivity index (χ0v) is 8.97. The van der Waals surface area contributed by atoms with Crippen molar-refractivity contribution in [3.05, 3.63) is 48.0 Å². The van der Waals surface area contributed by atoms with Crippen molar-refractivity contribution in [2.45, 2.75) is 6.04 Å². The number of nitrogens with zero attached hydrogens (tertiary/aromatic N) is 1. The van der Waals surface area contributed by atoms with Gasteiger partial charge in [-0.3, -0.25) is 5.84 Å². The summed E-state index contributed by atoms with van der Waals surface area (Å²) in [7, 11) is 1.64. The van der Waals surface area contributed by atoms with E-state index in [4.69, 9.17) is 10.6 Å². The summed E-state index contributed by atoms with van der Waals surface area (Å²) in [6.45, 7) is 0. The number of imidazole rings is 1. The van der Waals surface area contributed by atoms with Gasteiger partial charge in [0, 0.05) is 12.4 Å². The fourth-order valence-corrected chi connectivity index (χ4v) is 1.59. The first-order valence-electron chi connectivity index (χ1n) is 4.94. The Morgan fingerprint density at radius 1 is 1.50 bits per heavy atom. The predicted octanol–water partition coefficient (Wildman–Crippen LogP) is 0.971. The fourth-order valence-electron chi connectivity index (χ4n) is 1.59. The van der Waals surface area contributed by atoms with Crippen LogP contribution < -0.4 is 16.0 Å². The molecule has 2 aromatic rings. The van der Waals surface area contributed by atoms with Gasteiger partial charge < -0.3 is 9.72 Å². The number of hydrazine groups is 1. The van der Waals surface area contributed by atoms with Crippen molar-refractivity contribution < 1.29 is 4.74 Å². The lowest BCUT2D eigenvalue weighted by molar-refractivity contribution is 0.413. The number of aromatic nitrogens is 2. The standard InChI is InChI=1S/C11H14N4O/c1-16-9-4-2-3-8(7-9)10(15-12)11-13-5-6-14-11/h2-7,10,15H,12H2,1H3,(H,13,14). The maximum atomic E-state index is 5.54. The van der Waals surface area contributed by atoms with Crippen molar-refractivity contribution in [2.75, 3.05) is 7.11 Å². The molecule has 0 aliphatic rings. The molecule has 0 aliphatic carbocycles. The molecule has 5 heteroatoms. The minimum absolute atomic E-state index is 0.162. The fraction of sp³-hybridized carbons (Fsp3) is 0.182. The normalized spacial score (nSPS) is 12.4. The SMILES string of the molecule is COc1cccc(C(NN)c2ncc[nH]2)c1. The number of H-pyrrole nitrogens is 1. The molecule has 2 rings (SSSR count). The Bertz CT molecular complexity index is 441. The van der Waals surface area contributed by atoms with Gasteiger partial charge in [-0.15, -0.1) is 0 Å². The molecule has 4 N–H and O–H groups in total. The maximum Gasteiger partial charge on any atom is 0.129 e. The summed E-state index contributed by atoms with van der Waals surface area (Å²) in [5.74, 6) is 7.11. The average Bonchev–Trinajstić information content (AvgIpc) is 2.84. The monoisotopic (exact) mass is 218 g/mol. The van der Waals surface area contributed by atoms with Gasteiger partial charge in [-0.25, -0.2) is 10.4 Å². The Morgan fingerprint density at radius 3 is 3.00 bits per heavy atom. The number of rotatable bonds is 4. The van der Waals surface area contributed by atoms with Gasteiger partial charge in [0.1, 0.15) is 17.6 Å². The summed E-state index contributed by atoms with van der Waals surface area (Å²) in [5.41, 5.74) is 3.72. The molecule has 1 aromatic heterocycles. The van der Waals surface area contributed by atoms with E-state index in [0.29, 0.717) is 0 Å². The van der Waals surface area contributed by atoms with Gasteiger partial charge >= 0.3 is 0 Å². The van der Waals surface area contributed by atoms with Crippen molar-refractivity contribution in [1.29, 1.82) is 0 Å². The Kier molecular flexibility index (Phi) is 3.19. The van der Waals surface area contributed by atoms with Crippen LogP contribution in [0, 0.1) is 0 Å². The molecule has 1 heterocycles. The van der Waals surface area contributed by atoms with Crippen molar-refractivity contribution >= 4 is 0 Å². The van der Waals surface area contributed by atoms with Crippen LogP contribution in [-0.4, -0.2) is 17.1 Å². The highest BCUT2D eigenvalue weighted by Crippen LogP contribution is 2.22. The topological polar surface area (TPSA) is 76.0 Å². The highest BCUT2D eigenvalue weighted by Gasteiger charge is 2.14. The number of hydrogen-bond donors (Lipinski definition) is 3. The summed E-state index contributed by atoms with van der Waals surface area (Å²) in [6, 6.07) is 7.54. The molecule has 0 saturated carbocycles. The van der Waals surface area contributed by atoms with Crippen LogP contribution in [0.25, 0.3) is 0 Å². The molecule has 0 fully saturated rings. The first-order chi connectivity index (χ1) is 7.85. The lowest BCUT2D eigenvalue weighted by atomic mass is 10.1. The predicted molar refractivity (Wildman–Crippen MR) is 60.7 cm³/mol. The molecule has 0 radical (unpaired) electrons. The van der Waals surface area contributed by atoms with E-state index in [2.05, 4.69) is 15.4 Å². The maximum absolute atomic E-state index is 5.54. The third-order valence-corrected chi connectivity index (χ3v) is 2.39. The molecule has 0 bridgehead atoms. The van der Waals surface area contributed by atoms with Crippen LogP contribution in [0.4, 0.5) is 0 Å². The van der Waals surface area contributed by atoms with Gasteiger partial charge in [-0.2, -0.15) is 0 Å². The molecule has 16 heavy (non-hydrogen) atoms. The van der Waals surface area contributed by atoms with E-state index in [0.717, 1.165) is 17.1 Å². The van der Waals surface area contributed by atoms with Crippen molar-refractivity contribution in [3.63, 3.8) is 0 Å². The molecule has 5 nitrogen and oxygen atoms in total. The molecule has 1 atom stereocenters. The lowest BCUT2D eigenvalue weighted by Gasteiger charge is -2.14. The summed E-state index contributed by atoms with van der Waals surface area (Å²) in [4.78, 5) is 7.21. The second-order valence-electron chi connectivity index (χ2n) is 3.35. The van der Waals surface area contributed by atoms with E-state index in [1.165, 1.54) is 0 Å². The Balaban J connectivity index is 2.33. The summed E-state index contributed by atoms with van der Waals surface area (Å²) < 4.78 is 5.17. The summed E-state index contributed by atoms with van der Waals surface area (Å²) in [6.07, 6.45) is 3.46. The van der Waals surface area contributed by atoms with E-state index >= 15 is 0 Å². The van der Waals surface area contributed by atoms with Crippen molar-refractivity contribution in [3.8, 4) is 5.75 Å². The van der Waals surface area contributed by atoms with Gasteiger partial charge in [-0.05, 0) is 17.7 Å². The second-order valence-corrected chi connectivity index (χ2v) is 3.35. The van der Waals surface area contributed by atoms with E-state index in [1.54, 1.807) is 19.5 Å². The average molecular weight is 218 g/mol. The molecule has 0 saturated heterocycles. The number of aromatic amines is 1. The number of nitrogens with one attached hydrogen (secondary N) is 2. The van der Waals surface area contributed by atoms with E-state index in [-0.39, 0.29) is 6.04 Å². The van der Waals surface area contributed by atoms with E-state index in [1.807, 2.05) is 24.3 Å². The molecule has 1 aromatic carbocycles. The van der Waals surface area contributed by atoms with E-state index in [9.17, 15) is 0 Å². The number of methoxy groups -OCH3 is 1. The Hall–Kier alpha value is -1.85. The van der Waals surface area contributed by atoms with Crippen LogP contribution in [0.15, 0.2) is 36.7 Å². The smallest absolute Gasteiger partial charge is 0.129 e. The number of benzene rings is 1. The van der Waals surface area contributed by atoms with Crippen LogP contribution >= 0.6 is 0 Å². The van der Waals surface area contributed by atoms with Gasteiger partial charge in [0.25, 0.3) is 0 Å². The van der Waals surface area contributed by atoms with Crippen LogP contribution in [0.3, 0.4) is 0 Å². The zero-order valence-electron chi connectivity index (χ0n) is 8.97. The third kappa shape index (κ3) is 2.05. The third-order valence-electron chi connectivity index (χ3n) is 2.39. The lowest BCUT2D eigenvalue weighted by Crippen LogP contribution is -2.29. The summed E-state index contributed by atoms with van der Waals surface area (Å²) >= 11 is 0. The van der Waals surface area contributed by atoms with Gasteiger partial charge in [0.05, 0.1) is 7.11 Å². The molecule has 0 spiro atoms. The van der Waals surface area contributed by atoms with Crippen molar-refractivity contribution in [1.82, 2.24) is 15.4 Å². The van der Waals surface area contributed by atoms with Crippen molar-refractivity contribution in [2.24, 2.45) is 5.84 Å². The van der Waals surface area contributed by atoms with Gasteiger partial charge in [-0.1, -0.05) is 12.1 Å². The van der Waals surface area contributed by atoms with Gasteiger partial charge in [0.15, 0.2) is 0 Å². The summed E-state index contributed by atoms with van der Waals surface area (Å²) in [5, 5.41) is 0. The Labute approximate surface area is 93.6 Å². The van der Waals surface area contributed by atoms with Crippen LogP contribution in [0.5, 0.6) is 5.75 Å². The number of nitrogens with two attached hydrogens (primary N) is 1. The number of ether oxygens (including phenoxy) is 1. The first kappa shape index (κ1) is 10.7. The highest BCUT2D eigenvalue weighted by atomic mass is 16.5. The second kappa shape index (κ2) is 4.78. The first-order valence-corrected chi connectivity index (χ1v) is 4.94. The van der Waals surface area contributed by atoms with Crippen LogP contribution in [0.2, 0.25) is 0 Å². The molecule has 84 valence electrons. The minimum Gasteiger partial charge on any atom is -0.497 e. The highest BCUT2D eigenvalue weighted by molar-refractivity contribution is 5.33. The minimum atomic E-state index is -0.162. The molecule has 0 aliphatic heterocycles. The largest absolute Gasteiger partial charge is 0.497 e. The quantitative estimate of drug-likeness (QED) is 0.528. The molecular weight excluding hydrogens is 204 g/mol. The molecule has 0 amide bonds. The van der Waals surface area contributed by atoms with Crippen LogP contribution in [-0.2, 0) is 0 Å². The zero-order chi connectivity index (χ0) is 11.4.